The zero-order chi connectivity index (χ0) is 19.1. The van der Waals surface area contributed by atoms with Gasteiger partial charge >= 0.3 is 6.18 Å². The summed E-state index contributed by atoms with van der Waals surface area (Å²) < 4.78 is 59.7. The topological polar surface area (TPSA) is 83.0 Å². The lowest BCUT2D eigenvalue weighted by atomic mass is 10.1. The van der Waals surface area contributed by atoms with Gasteiger partial charge < -0.3 is 10.5 Å². The van der Waals surface area contributed by atoms with Crippen LogP contribution in [0.4, 0.5) is 18.9 Å². The molecule has 0 bridgehead atoms. The summed E-state index contributed by atoms with van der Waals surface area (Å²) in [6, 6.07) is 0.949. The van der Waals surface area contributed by atoms with E-state index in [0.29, 0.717) is 5.56 Å². The fourth-order valence-electron chi connectivity index (χ4n) is 2.45. The molecule has 1 atom stereocenters. The second kappa shape index (κ2) is 6.97. The molecule has 0 amide bonds. The van der Waals surface area contributed by atoms with Crippen LogP contribution in [0.15, 0.2) is 22.7 Å². The first kappa shape index (κ1) is 18.8. The number of nitrogen functional groups attached to an aromatic ring is 1. The third-order valence-electron chi connectivity index (χ3n) is 3.65. The molecule has 0 aromatic carbocycles. The Labute approximate surface area is 153 Å². The Morgan fingerprint density at radius 2 is 2.15 bits per heavy atom. The SMILES string of the molecule is COCCS(=O)c1sc2nc(-c3cnn(C)c3)cc(C(F)(F)F)c2c1N. The normalized spacial score (nSPS) is 13.4. The van der Waals surface area contributed by atoms with Gasteiger partial charge in [0.2, 0.25) is 0 Å². The van der Waals surface area contributed by atoms with Gasteiger partial charge in [-0.25, -0.2) is 4.98 Å². The maximum absolute atomic E-state index is 13.6. The molecule has 0 aliphatic carbocycles. The molecule has 0 fully saturated rings. The summed E-state index contributed by atoms with van der Waals surface area (Å²) in [5, 5.41) is 3.75. The van der Waals surface area contributed by atoms with Crippen molar-refractivity contribution >= 4 is 38.0 Å². The van der Waals surface area contributed by atoms with E-state index in [4.69, 9.17) is 10.5 Å². The number of anilines is 1. The van der Waals surface area contributed by atoms with E-state index in [0.717, 1.165) is 17.4 Å². The van der Waals surface area contributed by atoms with Crippen molar-refractivity contribution < 1.29 is 22.1 Å². The van der Waals surface area contributed by atoms with Crippen molar-refractivity contribution in [2.45, 2.75) is 10.4 Å². The predicted octanol–water partition coefficient (Wildman–Crippen LogP) is 3.05. The number of aromatic nitrogens is 3. The van der Waals surface area contributed by atoms with Crippen molar-refractivity contribution in [2.24, 2.45) is 7.05 Å². The molecule has 1 unspecified atom stereocenters. The number of nitrogens with zero attached hydrogens (tertiary/aromatic N) is 3. The Morgan fingerprint density at radius 1 is 1.42 bits per heavy atom. The first-order chi connectivity index (χ1) is 12.2. The highest BCUT2D eigenvalue weighted by Crippen LogP contribution is 2.44. The molecular weight excluding hydrogens is 389 g/mol. The van der Waals surface area contributed by atoms with E-state index in [-0.39, 0.29) is 38.2 Å². The predicted molar refractivity (Wildman–Crippen MR) is 94.4 cm³/mol. The highest BCUT2D eigenvalue weighted by Gasteiger charge is 2.36. The van der Waals surface area contributed by atoms with Gasteiger partial charge in [0.05, 0.1) is 46.3 Å². The number of methoxy groups -OCH3 is 1. The molecule has 3 aromatic heterocycles. The third kappa shape index (κ3) is 3.46. The minimum absolute atomic E-state index is 0.0944. The van der Waals surface area contributed by atoms with Gasteiger partial charge in [-0.2, -0.15) is 18.3 Å². The van der Waals surface area contributed by atoms with E-state index >= 15 is 0 Å². The molecule has 2 N–H and O–H groups in total. The minimum Gasteiger partial charge on any atom is -0.396 e. The summed E-state index contributed by atoms with van der Waals surface area (Å²) in [7, 11) is 1.55. The summed E-state index contributed by atoms with van der Waals surface area (Å²) >= 11 is 0.909. The van der Waals surface area contributed by atoms with Crippen LogP contribution in [0.1, 0.15) is 5.56 Å². The van der Waals surface area contributed by atoms with Crippen molar-refractivity contribution in [1.29, 1.82) is 0 Å². The second-order valence-corrected chi connectivity index (χ2v) is 8.25. The molecule has 0 saturated heterocycles. The van der Waals surface area contributed by atoms with Crippen LogP contribution in [0.5, 0.6) is 0 Å². The Bertz CT molecular complexity index is 981. The summed E-state index contributed by atoms with van der Waals surface area (Å²) in [6.07, 6.45) is -1.62. The first-order valence-corrected chi connectivity index (χ1v) is 9.52. The number of nitrogens with two attached hydrogens (primary N) is 1. The highest BCUT2D eigenvalue weighted by atomic mass is 32.2. The molecule has 3 rings (SSSR count). The molecule has 0 aliphatic heterocycles. The van der Waals surface area contributed by atoms with Crippen molar-refractivity contribution in [2.75, 3.05) is 25.2 Å². The summed E-state index contributed by atoms with van der Waals surface area (Å²) in [6.45, 7) is 0.209. The number of rotatable bonds is 5. The van der Waals surface area contributed by atoms with Crippen molar-refractivity contribution in [3.63, 3.8) is 0 Å². The number of halogens is 3. The highest BCUT2D eigenvalue weighted by molar-refractivity contribution is 7.87. The lowest BCUT2D eigenvalue weighted by molar-refractivity contribution is -0.136. The molecule has 11 heteroatoms. The first-order valence-electron chi connectivity index (χ1n) is 7.39. The maximum atomic E-state index is 13.6. The average molecular weight is 404 g/mol. The van der Waals surface area contributed by atoms with Crippen LogP contribution in [0.3, 0.4) is 0 Å². The van der Waals surface area contributed by atoms with Gasteiger partial charge in [-0.15, -0.1) is 11.3 Å². The van der Waals surface area contributed by atoms with Crippen molar-refractivity contribution in [1.82, 2.24) is 14.8 Å². The Kier molecular flexibility index (Phi) is 5.04. The number of alkyl halides is 3. The van der Waals surface area contributed by atoms with Crippen LogP contribution >= 0.6 is 11.3 Å². The molecule has 0 spiro atoms. The van der Waals surface area contributed by atoms with E-state index in [1.807, 2.05) is 0 Å². The van der Waals surface area contributed by atoms with Gasteiger partial charge in [0.15, 0.2) is 0 Å². The Morgan fingerprint density at radius 3 is 2.73 bits per heavy atom. The number of pyridine rings is 1. The fourth-order valence-corrected chi connectivity index (χ4v) is 5.01. The van der Waals surface area contributed by atoms with Crippen LogP contribution in [0.2, 0.25) is 0 Å². The van der Waals surface area contributed by atoms with Crippen LogP contribution in [-0.4, -0.2) is 38.4 Å². The summed E-state index contributed by atoms with van der Waals surface area (Å²) in [5.41, 5.74) is 5.47. The smallest absolute Gasteiger partial charge is 0.396 e. The zero-order valence-electron chi connectivity index (χ0n) is 13.8. The molecule has 26 heavy (non-hydrogen) atoms. The van der Waals surface area contributed by atoms with Crippen molar-refractivity contribution in [3.8, 4) is 11.3 Å². The standard InChI is InChI=1S/C15H15F3N4O2S2/c1-22-7-8(6-20-22)10-5-9(15(16,17)18)11-12(19)14(25-13(11)21-10)26(23)4-3-24-2/h5-7H,3-4,19H2,1-2H3. The van der Waals surface area contributed by atoms with Crippen molar-refractivity contribution in [3.05, 3.63) is 24.0 Å². The van der Waals surface area contributed by atoms with Gasteiger partial charge in [-0.1, -0.05) is 0 Å². The number of ether oxygens (including phenoxy) is 1. The van der Waals surface area contributed by atoms with Gasteiger partial charge in [-0.05, 0) is 6.07 Å². The van der Waals surface area contributed by atoms with E-state index in [2.05, 4.69) is 10.1 Å². The number of fused-ring (bicyclic) bond motifs is 1. The number of thiophene rings is 1. The average Bonchev–Trinajstić information content (AvgIpc) is 3.15. The third-order valence-corrected chi connectivity index (χ3v) is 6.52. The molecule has 3 heterocycles. The lowest BCUT2D eigenvalue weighted by Gasteiger charge is -2.10. The molecule has 3 aromatic rings. The van der Waals surface area contributed by atoms with Gasteiger partial charge in [-0.3, -0.25) is 8.89 Å². The molecule has 0 radical (unpaired) electrons. The second-order valence-electron chi connectivity index (χ2n) is 5.48. The van der Waals surface area contributed by atoms with E-state index in [9.17, 15) is 17.4 Å². The molecule has 6 nitrogen and oxygen atoms in total. The fraction of sp³-hybridized carbons (Fsp3) is 0.333. The lowest BCUT2D eigenvalue weighted by Crippen LogP contribution is -2.08. The van der Waals surface area contributed by atoms with E-state index < -0.39 is 22.5 Å². The van der Waals surface area contributed by atoms with Gasteiger partial charge in [0.1, 0.15) is 9.04 Å². The number of aryl methyl sites for hydroxylation is 1. The summed E-state index contributed by atoms with van der Waals surface area (Å²) in [5.74, 6) is 0.143. The molecular formula is C15H15F3N4O2S2. The Balaban J connectivity index is 2.22. The maximum Gasteiger partial charge on any atom is 0.417 e. The quantitative estimate of drug-likeness (QED) is 0.707. The molecule has 140 valence electrons. The van der Waals surface area contributed by atoms with Gasteiger partial charge in [0, 0.05) is 31.3 Å². The monoisotopic (exact) mass is 404 g/mol. The van der Waals surface area contributed by atoms with E-state index in [1.54, 1.807) is 13.2 Å². The summed E-state index contributed by atoms with van der Waals surface area (Å²) in [4.78, 5) is 4.39. The molecule has 0 aliphatic rings. The van der Waals surface area contributed by atoms with Crippen LogP contribution < -0.4 is 5.73 Å². The number of hydrogen-bond donors (Lipinski definition) is 1. The van der Waals surface area contributed by atoms with E-state index in [1.165, 1.54) is 18.0 Å². The minimum atomic E-state index is -4.63. The molecule has 0 saturated carbocycles. The largest absolute Gasteiger partial charge is 0.417 e. The van der Waals surface area contributed by atoms with Crippen LogP contribution in [-0.2, 0) is 28.8 Å². The number of hydrogen-bond acceptors (Lipinski definition) is 6. The van der Waals surface area contributed by atoms with Crippen LogP contribution in [0, 0.1) is 0 Å². The zero-order valence-corrected chi connectivity index (χ0v) is 15.5. The van der Waals surface area contributed by atoms with Gasteiger partial charge in [0.25, 0.3) is 0 Å². The Hall–Kier alpha value is -1.98. The van der Waals surface area contributed by atoms with Crippen LogP contribution in [0.25, 0.3) is 21.5 Å².